The van der Waals surface area contributed by atoms with Crippen LogP contribution in [0.2, 0.25) is 0 Å². The summed E-state index contributed by atoms with van der Waals surface area (Å²) >= 11 is 0. The van der Waals surface area contributed by atoms with Crippen molar-refractivity contribution in [2.75, 3.05) is 19.8 Å². The zero-order valence-corrected chi connectivity index (χ0v) is 16.9. The number of carbonyl (C=O) groups excluding carboxylic acids is 3. The highest BCUT2D eigenvalue weighted by molar-refractivity contribution is 6.01. The van der Waals surface area contributed by atoms with E-state index in [2.05, 4.69) is 0 Å². The number of hydrogen-bond donors (Lipinski definition) is 0. The number of rotatable bonds is 7. The van der Waals surface area contributed by atoms with Gasteiger partial charge in [-0.3, -0.25) is 14.4 Å². The van der Waals surface area contributed by atoms with Crippen LogP contribution in [0.25, 0.3) is 0 Å². The van der Waals surface area contributed by atoms with Crippen LogP contribution in [0.3, 0.4) is 0 Å². The van der Waals surface area contributed by atoms with Gasteiger partial charge in [0.2, 0.25) is 5.78 Å². The molecule has 0 N–H and O–H groups in total. The second-order valence-corrected chi connectivity index (χ2v) is 7.14. The molecule has 0 spiro atoms. The Kier molecular flexibility index (Phi) is 6.32. The molecule has 6 nitrogen and oxygen atoms in total. The second kappa shape index (κ2) is 8.90. The Morgan fingerprint density at radius 1 is 0.862 bits per heavy atom. The first-order valence-electron chi connectivity index (χ1n) is 9.54. The number of aryl methyl sites for hydroxylation is 3. The highest BCUT2D eigenvalue weighted by Crippen LogP contribution is 2.31. The Morgan fingerprint density at radius 3 is 2.21 bits per heavy atom. The highest BCUT2D eigenvalue weighted by atomic mass is 16.6. The quantitative estimate of drug-likeness (QED) is 0.524. The van der Waals surface area contributed by atoms with Crippen LogP contribution in [0.4, 0.5) is 0 Å². The van der Waals surface area contributed by atoms with Crippen LogP contribution >= 0.6 is 0 Å². The van der Waals surface area contributed by atoms with E-state index in [-0.39, 0.29) is 31.0 Å². The van der Waals surface area contributed by atoms with Crippen molar-refractivity contribution in [3.05, 3.63) is 58.1 Å². The average molecular weight is 396 g/mol. The third-order valence-corrected chi connectivity index (χ3v) is 4.74. The number of benzene rings is 2. The molecule has 0 aromatic heterocycles. The van der Waals surface area contributed by atoms with Crippen LogP contribution < -0.4 is 9.47 Å². The minimum Gasteiger partial charge on any atom is -0.486 e. The van der Waals surface area contributed by atoms with Crippen LogP contribution in [0.5, 0.6) is 11.5 Å². The van der Waals surface area contributed by atoms with E-state index < -0.39 is 5.97 Å². The molecular weight excluding hydrogens is 372 g/mol. The van der Waals surface area contributed by atoms with Crippen LogP contribution in [-0.4, -0.2) is 37.4 Å². The van der Waals surface area contributed by atoms with E-state index in [0.717, 1.165) is 16.7 Å². The number of Topliss-reactive ketones (excluding diaryl/α,β-unsaturated/α-hetero) is 2. The second-order valence-electron chi connectivity index (χ2n) is 7.14. The first-order chi connectivity index (χ1) is 13.8. The smallest absolute Gasteiger partial charge is 0.306 e. The Bertz CT molecular complexity index is 937. The van der Waals surface area contributed by atoms with Gasteiger partial charge in [-0.2, -0.15) is 0 Å². The number of fused-ring (bicyclic) bond motifs is 1. The first kappa shape index (κ1) is 20.6. The lowest BCUT2D eigenvalue weighted by Crippen LogP contribution is -2.17. The molecule has 0 saturated heterocycles. The summed E-state index contributed by atoms with van der Waals surface area (Å²) in [5.74, 6) is 0.111. The monoisotopic (exact) mass is 396 g/mol. The van der Waals surface area contributed by atoms with Crippen LogP contribution in [0, 0.1) is 20.8 Å². The predicted octanol–water partition coefficient (Wildman–Crippen LogP) is 3.77. The molecule has 2 aromatic carbocycles. The van der Waals surface area contributed by atoms with Crippen molar-refractivity contribution in [3.8, 4) is 11.5 Å². The number of carbonyl (C=O) groups is 3. The van der Waals surface area contributed by atoms with E-state index in [0.29, 0.717) is 35.8 Å². The lowest BCUT2D eigenvalue weighted by Gasteiger charge is -2.18. The molecule has 1 aliphatic rings. The Morgan fingerprint density at radius 2 is 1.52 bits per heavy atom. The normalized spacial score (nSPS) is 12.4. The van der Waals surface area contributed by atoms with Gasteiger partial charge < -0.3 is 14.2 Å². The molecule has 3 rings (SSSR count). The van der Waals surface area contributed by atoms with Crippen LogP contribution in [0.1, 0.15) is 50.2 Å². The van der Waals surface area contributed by atoms with E-state index >= 15 is 0 Å². The summed E-state index contributed by atoms with van der Waals surface area (Å²) in [6.07, 6.45) is -0.0956. The number of esters is 1. The van der Waals surface area contributed by atoms with E-state index in [1.807, 2.05) is 32.9 Å². The van der Waals surface area contributed by atoms with Gasteiger partial charge in [0, 0.05) is 17.5 Å². The molecule has 0 amide bonds. The van der Waals surface area contributed by atoms with E-state index in [9.17, 15) is 14.4 Å². The fraction of sp³-hybridized carbons (Fsp3) is 0.348. The van der Waals surface area contributed by atoms with Crippen molar-refractivity contribution in [2.24, 2.45) is 0 Å². The lowest BCUT2D eigenvalue weighted by molar-refractivity contribution is -0.142. The third-order valence-electron chi connectivity index (χ3n) is 4.74. The van der Waals surface area contributed by atoms with E-state index in [1.54, 1.807) is 18.2 Å². The Labute approximate surface area is 169 Å². The molecule has 6 heteroatoms. The molecule has 0 radical (unpaired) electrons. The standard InChI is InChI=1S/C23H24O6/c1-14-10-15(2)23(16(3)11-14)19(25)13-29-22(26)7-5-18(24)17-4-6-20-21(12-17)28-9-8-27-20/h4,6,10-12H,5,7-9,13H2,1-3H3. The average Bonchev–Trinajstić information content (AvgIpc) is 2.69. The minimum atomic E-state index is -0.577. The molecule has 152 valence electrons. The molecule has 1 aliphatic heterocycles. The maximum Gasteiger partial charge on any atom is 0.306 e. The molecule has 0 atom stereocenters. The fourth-order valence-electron chi connectivity index (χ4n) is 3.49. The zero-order valence-electron chi connectivity index (χ0n) is 16.9. The van der Waals surface area contributed by atoms with Gasteiger partial charge in [-0.1, -0.05) is 17.7 Å². The van der Waals surface area contributed by atoms with Gasteiger partial charge >= 0.3 is 5.97 Å². The summed E-state index contributed by atoms with van der Waals surface area (Å²) in [7, 11) is 0. The summed E-state index contributed by atoms with van der Waals surface area (Å²) in [5, 5.41) is 0. The summed E-state index contributed by atoms with van der Waals surface area (Å²) < 4.78 is 16.0. The molecule has 29 heavy (non-hydrogen) atoms. The molecule has 0 unspecified atom stereocenters. The molecule has 0 aliphatic carbocycles. The lowest BCUT2D eigenvalue weighted by atomic mass is 9.97. The van der Waals surface area contributed by atoms with Gasteiger partial charge in [-0.25, -0.2) is 0 Å². The summed E-state index contributed by atoms with van der Waals surface area (Å²) in [6, 6.07) is 8.80. The maximum atomic E-state index is 12.4. The first-order valence-corrected chi connectivity index (χ1v) is 9.54. The molecule has 0 bridgehead atoms. The number of ketones is 2. The van der Waals surface area contributed by atoms with Gasteiger partial charge in [-0.05, 0) is 50.1 Å². The van der Waals surface area contributed by atoms with Crippen molar-refractivity contribution in [1.82, 2.24) is 0 Å². The van der Waals surface area contributed by atoms with Crippen LogP contribution in [-0.2, 0) is 9.53 Å². The summed E-state index contributed by atoms with van der Waals surface area (Å²) in [6.45, 7) is 6.27. The molecular formula is C23H24O6. The molecule has 0 saturated carbocycles. The zero-order chi connectivity index (χ0) is 21.0. The van der Waals surface area contributed by atoms with E-state index in [1.165, 1.54) is 0 Å². The Hall–Kier alpha value is -3.15. The molecule has 2 aromatic rings. The Balaban J connectivity index is 1.51. The van der Waals surface area contributed by atoms with Gasteiger partial charge in [0.25, 0.3) is 0 Å². The topological polar surface area (TPSA) is 78.9 Å². The highest BCUT2D eigenvalue weighted by Gasteiger charge is 2.18. The van der Waals surface area contributed by atoms with Gasteiger partial charge in [0.1, 0.15) is 13.2 Å². The van der Waals surface area contributed by atoms with Crippen LogP contribution in [0.15, 0.2) is 30.3 Å². The van der Waals surface area contributed by atoms with Gasteiger partial charge in [0.05, 0.1) is 6.42 Å². The van der Waals surface area contributed by atoms with Gasteiger partial charge in [0.15, 0.2) is 23.9 Å². The van der Waals surface area contributed by atoms with Crippen molar-refractivity contribution in [2.45, 2.75) is 33.6 Å². The van der Waals surface area contributed by atoms with Gasteiger partial charge in [-0.15, -0.1) is 0 Å². The fourth-order valence-corrected chi connectivity index (χ4v) is 3.49. The van der Waals surface area contributed by atoms with Crippen molar-refractivity contribution < 1.29 is 28.6 Å². The number of hydrogen-bond acceptors (Lipinski definition) is 6. The predicted molar refractivity (Wildman–Crippen MR) is 107 cm³/mol. The number of ether oxygens (including phenoxy) is 3. The van der Waals surface area contributed by atoms with Crippen molar-refractivity contribution in [3.63, 3.8) is 0 Å². The SMILES string of the molecule is Cc1cc(C)c(C(=O)COC(=O)CCC(=O)c2ccc3c(c2)OCCO3)c(C)c1. The molecule has 1 heterocycles. The minimum absolute atomic E-state index is 0.00471. The molecule has 0 fully saturated rings. The van der Waals surface area contributed by atoms with Crippen molar-refractivity contribution in [1.29, 1.82) is 0 Å². The third kappa shape index (κ3) is 5.02. The largest absolute Gasteiger partial charge is 0.486 e. The summed E-state index contributed by atoms with van der Waals surface area (Å²) in [5.41, 5.74) is 3.82. The maximum absolute atomic E-state index is 12.4. The van der Waals surface area contributed by atoms with Crippen molar-refractivity contribution >= 4 is 17.5 Å². The summed E-state index contributed by atoms with van der Waals surface area (Å²) in [4.78, 5) is 36.8. The van der Waals surface area contributed by atoms with E-state index in [4.69, 9.17) is 14.2 Å².